The number of methoxy groups -OCH3 is 1. The van der Waals surface area contributed by atoms with E-state index in [2.05, 4.69) is 5.32 Å². The molecule has 0 aromatic rings. The molecule has 106 valence electrons. The van der Waals surface area contributed by atoms with Crippen LogP contribution in [0.25, 0.3) is 0 Å². The minimum atomic E-state index is -1.00. The molecule has 0 fully saturated rings. The van der Waals surface area contributed by atoms with Gasteiger partial charge in [-0.15, -0.1) is 0 Å². The molecule has 0 bridgehead atoms. The smallest absolute Gasteiger partial charge is 0.326 e. The lowest BCUT2D eigenvalue weighted by Crippen LogP contribution is -2.36. The number of carboxylic acids is 1. The van der Waals surface area contributed by atoms with Gasteiger partial charge in [-0.05, 0) is 18.6 Å². The van der Waals surface area contributed by atoms with Crippen molar-refractivity contribution in [2.75, 3.05) is 38.4 Å². The van der Waals surface area contributed by atoms with E-state index in [4.69, 9.17) is 14.6 Å². The van der Waals surface area contributed by atoms with Gasteiger partial charge in [0.15, 0.2) is 0 Å². The molecule has 1 unspecified atom stereocenters. The predicted molar refractivity (Wildman–Crippen MR) is 69.9 cm³/mol. The van der Waals surface area contributed by atoms with Crippen LogP contribution in [0, 0.1) is 0 Å². The van der Waals surface area contributed by atoms with Gasteiger partial charge in [-0.1, -0.05) is 0 Å². The van der Waals surface area contributed by atoms with Gasteiger partial charge in [-0.3, -0.25) is 4.79 Å². The van der Waals surface area contributed by atoms with Gasteiger partial charge in [-0.2, -0.15) is 11.8 Å². The van der Waals surface area contributed by atoms with Gasteiger partial charge >= 0.3 is 5.97 Å². The Hall–Kier alpha value is -0.790. The topological polar surface area (TPSA) is 84.9 Å². The van der Waals surface area contributed by atoms with Crippen LogP contribution in [0.5, 0.6) is 0 Å². The minimum absolute atomic E-state index is 0.419. The first kappa shape index (κ1) is 17.2. The lowest BCUT2D eigenvalue weighted by Gasteiger charge is -2.10. The normalized spacial score (nSPS) is 12.1. The highest BCUT2D eigenvalue weighted by Gasteiger charge is 2.14. The molecule has 6 nitrogen and oxygen atoms in total. The first-order valence-electron chi connectivity index (χ1n) is 5.79. The molecule has 0 radical (unpaired) electrons. The van der Waals surface area contributed by atoms with Crippen molar-refractivity contribution < 1.29 is 24.2 Å². The third kappa shape index (κ3) is 10.4. The summed E-state index contributed by atoms with van der Waals surface area (Å²) in [5, 5.41) is 11.0. The molecule has 0 aromatic carbocycles. The molecule has 0 rings (SSSR count). The van der Waals surface area contributed by atoms with Crippen molar-refractivity contribution in [2.45, 2.75) is 18.9 Å². The number of amides is 1. The van der Waals surface area contributed by atoms with Crippen LogP contribution in [0.4, 0.5) is 0 Å². The lowest BCUT2D eigenvalue weighted by molar-refractivity contribution is -0.140. The van der Waals surface area contributed by atoms with Crippen molar-refractivity contribution in [3.8, 4) is 0 Å². The predicted octanol–water partition coefficient (Wildman–Crippen LogP) is 0.362. The Morgan fingerprint density at radius 3 is 2.78 bits per heavy atom. The maximum absolute atomic E-state index is 10.7. The number of carboxylic acid groups (broad SMARTS) is 1. The van der Waals surface area contributed by atoms with Crippen molar-refractivity contribution in [3.63, 3.8) is 0 Å². The number of thioether (sulfide) groups is 1. The van der Waals surface area contributed by atoms with Gasteiger partial charge in [-0.25, -0.2) is 4.79 Å². The Morgan fingerprint density at radius 2 is 2.17 bits per heavy atom. The van der Waals surface area contributed by atoms with E-state index < -0.39 is 12.0 Å². The van der Waals surface area contributed by atoms with E-state index in [0.717, 1.165) is 12.2 Å². The van der Waals surface area contributed by atoms with Crippen molar-refractivity contribution in [2.24, 2.45) is 0 Å². The van der Waals surface area contributed by atoms with Crippen LogP contribution in [0.15, 0.2) is 0 Å². The maximum Gasteiger partial charge on any atom is 0.326 e. The van der Waals surface area contributed by atoms with E-state index in [9.17, 15) is 9.59 Å². The molecular formula is C11H21NO5S. The SMILES string of the molecule is COCCCOCCSCCC(NC=O)C(=O)O. The Labute approximate surface area is 111 Å². The molecule has 18 heavy (non-hydrogen) atoms. The van der Waals surface area contributed by atoms with Crippen LogP contribution in [0.2, 0.25) is 0 Å². The molecule has 0 heterocycles. The average Bonchev–Trinajstić information content (AvgIpc) is 2.35. The van der Waals surface area contributed by atoms with E-state index in [1.54, 1.807) is 18.9 Å². The molecule has 0 spiro atoms. The third-order valence-corrected chi connectivity index (χ3v) is 3.11. The Balaban J connectivity index is 3.32. The summed E-state index contributed by atoms with van der Waals surface area (Å²) in [4.78, 5) is 20.9. The average molecular weight is 279 g/mol. The summed E-state index contributed by atoms with van der Waals surface area (Å²) >= 11 is 1.61. The third-order valence-electron chi connectivity index (χ3n) is 2.13. The highest BCUT2D eigenvalue weighted by molar-refractivity contribution is 7.99. The minimum Gasteiger partial charge on any atom is -0.480 e. The largest absolute Gasteiger partial charge is 0.480 e. The molecular weight excluding hydrogens is 258 g/mol. The summed E-state index contributed by atoms with van der Waals surface area (Å²) in [5.74, 6) is 0.498. The first-order chi connectivity index (χ1) is 8.72. The number of nitrogens with one attached hydrogen (secondary N) is 1. The quantitative estimate of drug-likeness (QED) is 0.374. The van der Waals surface area contributed by atoms with E-state index in [0.29, 0.717) is 38.4 Å². The number of ether oxygens (including phenoxy) is 2. The van der Waals surface area contributed by atoms with Crippen molar-refractivity contribution in [1.82, 2.24) is 5.32 Å². The Morgan fingerprint density at radius 1 is 1.39 bits per heavy atom. The summed E-state index contributed by atoms with van der Waals surface area (Å²) in [6, 6.07) is -0.794. The van der Waals surface area contributed by atoms with Gasteiger partial charge < -0.3 is 19.9 Å². The fraction of sp³-hybridized carbons (Fsp3) is 0.818. The van der Waals surface area contributed by atoms with Gasteiger partial charge in [0.05, 0.1) is 6.61 Å². The zero-order valence-corrected chi connectivity index (χ0v) is 11.4. The molecule has 0 saturated heterocycles. The lowest BCUT2D eigenvalue weighted by atomic mass is 10.2. The van der Waals surface area contributed by atoms with Gasteiger partial charge in [0, 0.05) is 26.1 Å². The number of aliphatic carboxylic acids is 1. The van der Waals surface area contributed by atoms with Crippen LogP contribution in [-0.4, -0.2) is 62.0 Å². The molecule has 1 atom stereocenters. The van der Waals surface area contributed by atoms with Crippen molar-refractivity contribution >= 4 is 24.1 Å². The second-order valence-corrected chi connectivity index (χ2v) is 4.76. The van der Waals surface area contributed by atoms with Crippen LogP contribution in [0.1, 0.15) is 12.8 Å². The monoisotopic (exact) mass is 279 g/mol. The van der Waals surface area contributed by atoms with Crippen LogP contribution in [0.3, 0.4) is 0 Å². The Bertz CT molecular complexity index is 227. The summed E-state index contributed by atoms with van der Waals surface area (Å²) in [7, 11) is 1.65. The molecule has 2 N–H and O–H groups in total. The zero-order chi connectivity index (χ0) is 13.6. The first-order valence-corrected chi connectivity index (χ1v) is 6.94. The number of hydrogen-bond donors (Lipinski definition) is 2. The zero-order valence-electron chi connectivity index (χ0n) is 10.6. The molecule has 0 aliphatic heterocycles. The molecule has 0 aliphatic carbocycles. The van der Waals surface area contributed by atoms with Gasteiger partial charge in [0.25, 0.3) is 0 Å². The summed E-state index contributed by atoms with van der Waals surface area (Å²) in [5.41, 5.74) is 0. The standard InChI is InChI=1S/C11H21NO5S/c1-16-4-2-5-17-6-8-18-7-3-10(11(14)15)12-9-13/h9-10H,2-8H2,1H3,(H,12,13)(H,14,15). The van der Waals surface area contributed by atoms with Gasteiger partial charge in [0.1, 0.15) is 6.04 Å². The highest BCUT2D eigenvalue weighted by Crippen LogP contribution is 2.05. The van der Waals surface area contributed by atoms with Crippen molar-refractivity contribution in [3.05, 3.63) is 0 Å². The van der Waals surface area contributed by atoms with Crippen LogP contribution >= 0.6 is 11.8 Å². The van der Waals surface area contributed by atoms with Crippen molar-refractivity contribution in [1.29, 1.82) is 0 Å². The fourth-order valence-corrected chi connectivity index (χ4v) is 2.03. The number of hydrogen-bond acceptors (Lipinski definition) is 5. The van der Waals surface area contributed by atoms with Crippen LogP contribution in [-0.2, 0) is 19.1 Å². The van der Waals surface area contributed by atoms with E-state index in [1.807, 2.05) is 0 Å². The molecule has 1 amide bonds. The van der Waals surface area contributed by atoms with Gasteiger partial charge in [0.2, 0.25) is 6.41 Å². The number of rotatable bonds is 13. The molecule has 0 aromatic heterocycles. The summed E-state index contributed by atoms with van der Waals surface area (Å²) < 4.78 is 10.2. The number of carbonyl (C=O) groups is 2. The second-order valence-electron chi connectivity index (χ2n) is 3.54. The van der Waals surface area contributed by atoms with E-state index in [1.165, 1.54) is 0 Å². The van der Waals surface area contributed by atoms with E-state index in [-0.39, 0.29) is 0 Å². The Kier molecular flexibility index (Phi) is 12.1. The molecule has 0 saturated carbocycles. The van der Waals surface area contributed by atoms with E-state index >= 15 is 0 Å². The second kappa shape index (κ2) is 12.7. The maximum atomic E-state index is 10.7. The summed E-state index contributed by atoms with van der Waals surface area (Å²) in [6.07, 6.45) is 1.72. The highest BCUT2D eigenvalue weighted by atomic mass is 32.2. The van der Waals surface area contributed by atoms with Crippen LogP contribution < -0.4 is 5.32 Å². The number of carbonyl (C=O) groups excluding carboxylic acids is 1. The molecule has 0 aliphatic rings. The fourth-order valence-electron chi connectivity index (χ4n) is 1.19. The summed E-state index contributed by atoms with van der Waals surface area (Å²) in [6.45, 7) is 2.02. The molecule has 7 heteroatoms.